The van der Waals surface area contributed by atoms with Crippen molar-refractivity contribution in [2.75, 3.05) is 5.32 Å². The van der Waals surface area contributed by atoms with Crippen LogP contribution in [0.3, 0.4) is 0 Å². The minimum Gasteiger partial charge on any atom is -0.310 e. The Morgan fingerprint density at radius 2 is 2.50 bits per heavy atom. The summed E-state index contributed by atoms with van der Waals surface area (Å²) in [7, 11) is 0. The van der Waals surface area contributed by atoms with Crippen LogP contribution in [0.5, 0.6) is 0 Å². The molecular formula is C8H9N3O. The van der Waals surface area contributed by atoms with Crippen LogP contribution in [0, 0.1) is 0 Å². The van der Waals surface area contributed by atoms with Crippen molar-refractivity contribution in [2.24, 2.45) is 0 Å². The van der Waals surface area contributed by atoms with Crippen molar-refractivity contribution in [2.45, 2.75) is 19.8 Å². The van der Waals surface area contributed by atoms with Crippen LogP contribution in [0.1, 0.15) is 18.3 Å². The van der Waals surface area contributed by atoms with E-state index in [4.69, 9.17) is 0 Å². The van der Waals surface area contributed by atoms with Gasteiger partial charge in [-0.1, -0.05) is 6.92 Å². The van der Waals surface area contributed by atoms with Crippen molar-refractivity contribution in [3.63, 3.8) is 0 Å². The standard InChI is InChI=1S/C8H9N3O/c1-2-6-9-4-5-3-7(12)11-8(5)10-6/h4H,2-3H2,1H3,(H,9,10,11,12). The van der Waals surface area contributed by atoms with Crippen LogP contribution in [-0.4, -0.2) is 15.9 Å². The van der Waals surface area contributed by atoms with Crippen molar-refractivity contribution >= 4 is 11.7 Å². The number of aryl methyl sites for hydroxylation is 1. The molecule has 0 bridgehead atoms. The molecule has 2 rings (SSSR count). The Bertz CT molecular complexity index is 335. The van der Waals surface area contributed by atoms with Crippen molar-refractivity contribution < 1.29 is 4.79 Å². The first kappa shape index (κ1) is 7.21. The average molecular weight is 163 g/mol. The fourth-order valence-electron chi connectivity index (χ4n) is 1.20. The maximum atomic E-state index is 10.9. The van der Waals surface area contributed by atoms with Crippen LogP contribution in [0.15, 0.2) is 6.20 Å². The molecule has 0 atom stereocenters. The molecule has 12 heavy (non-hydrogen) atoms. The second-order valence-corrected chi connectivity index (χ2v) is 2.74. The van der Waals surface area contributed by atoms with Crippen LogP contribution in [0.4, 0.5) is 5.82 Å². The molecule has 0 saturated carbocycles. The molecule has 2 heterocycles. The molecule has 4 nitrogen and oxygen atoms in total. The fraction of sp³-hybridized carbons (Fsp3) is 0.375. The van der Waals surface area contributed by atoms with Crippen LogP contribution >= 0.6 is 0 Å². The lowest BCUT2D eigenvalue weighted by atomic mass is 10.2. The van der Waals surface area contributed by atoms with E-state index in [9.17, 15) is 4.79 Å². The van der Waals surface area contributed by atoms with Crippen molar-refractivity contribution in [1.82, 2.24) is 9.97 Å². The van der Waals surface area contributed by atoms with E-state index < -0.39 is 0 Å². The van der Waals surface area contributed by atoms with Crippen LogP contribution in [0.25, 0.3) is 0 Å². The monoisotopic (exact) mass is 163 g/mol. The third kappa shape index (κ3) is 1.05. The fourth-order valence-corrected chi connectivity index (χ4v) is 1.20. The van der Waals surface area contributed by atoms with Gasteiger partial charge in [0.1, 0.15) is 11.6 Å². The third-order valence-corrected chi connectivity index (χ3v) is 1.84. The minimum atomic E-state index is 0.00699. The highest BCUT2D eigenvalue weighted by molar-refractivity contribution is 5.97. The predicted molar refractivity (Wildman–Crippen MR) is 43.7 cm³/mol. The molecule has 0 unspecified atom stereocenters. The second kappa shape index (κ2) is 2.55. The first-order valence-electron chi connectivity index (χ1n) is 3.94. The summed E-state index contributed by atoms with van der Waals surface area (Å²) < 4.78 is 0. The lowest BCUT2D eigenvalue weighted by Crippen LogP contribution is -2.04. The summed E-state index contributed by atoms with van der Waals surface area (Å²) in [5.41, 5.74) is 0.900. The first-order chi connectivity index (χ1) is 5.79. The Balaban J connectivity index is 2.41. The number of nitrogens with one attached hydrogen (secondary N) is 1. The van der Waals surface area contributed by atoms with Crippen LogP contribution in [0.2, 0.25) is 0 Å². The third-order valence-electron chi connectivity index (χ3n) is 1.84. The SMILES string of the molecule is CCc1ncc2c(n1)NC(=O)C2. The number of amides is 1. The number of aromatic nitrogens is 2. The Kier molecular flexibility index (Phi) is 1.53. The summed E-state index contributed by atoms with van der Waals surface area (Å²) in [5, 5.41) is 2.68. The molecule has 4 heteroatoms. The van der Waals surface area contributed by atoms with E-state index in [1.807, 2.05) is 6.92 Å². The molecule has 0 spiro atoms. The Labute approximate surface area is 70.0 Å². The Hall–Kier alpha value is -1.45. The zero-order valence-electron chi connectivity index (χ0n) is 6.79. The number of carbonyl (C=O) groups is 1. The summed E-state index contributed by atoms with van der Waals surface area (Å²) in [4.78, 5) is 19.2. The lowest BCUT2D eigenvalue weighted by Gasteiger charge is -1.98. The van der Waals surface area contributed by atoms with Gasteiger partial charge in [-0.25, -0.2) is 9.97 Å². The normalized spacial score (nSPS) is 14.2. The van der Waals surface area contributed by atoms with E-state index in [-0.39, 0.29) is 5.91 Å². The second-order valence-electron chi connectivity index (χ2n) is 2.74. The van der Waals surface area contributed by atoms with Gasteiger partial charge in [0.2, 0.25) is 5.91 Å². The largest absolute Gasteiger partial charge is 0.310 e. The molecule has 1 aromatic rings. The molecular weight excluding hydrogens is 154 g/mol. The van der Waals surface area contributed by atoms with E-state index in [0.717, 1.165) is 17.8 Å². The smallest absolute Gasteiger partial charge is 0.230 e. The van der Waals surface area contributed by atoms with Gasteiger partial charge < -0.3 is 5.32 Å². The van der Waals surface area contributed by atoms with Crippen molar-refractivity contribution in [3.05, 3.63) is 17.6 Å². The number of hydrogen-bond acceptors (Lipinski definition) is 3. The van der Waals surface area contributed by atoms with Gasteiger partial charge in [0.05, 0.1) is 6.42 Å². The van der Waals surface area contributed by atoms with Gasteiger partial charge in [0.15, 0.2) is 0 Å². The van der Waals surface area contributed by atoms with Gasteiger partial charge in [-0.2, -0.15) is 0 Å². The van der Waals surface area contributed by atoms with Crippen molar-refractivity contribution in [3.8, 4) is 0 Å². The van der Waals surface area contributed by atoms with Gasteiger partial charge in [-0.05, 0) is 0 Å². The van der Waals surface area contributed by atoms with Gasteiger partial charge in [0.25, 0.3) is 0 Å². The molecule has 0 fully saturated rings. The molecule has 1 aliphatic rings. The highest BCUT2D eigenvalue weighted by Gasteiger charge is 2.19. The van der Waals surface area contributed by atoms with Gasteiger partial charge in [-0.3, -0.25) is 4.79 Å². The maximum absolute atomic E-state index is 10.9. The quantitative estimate of drug-likeness (QED) is 0.657. The number of carbonyl (C=O) groups excluding carboxylic acids is 1. The number of nitrogens with zero attached hydrogens (tertiary/aromatic N) is 2. The lowest BCUT2D eigenvalue weighted by molar-refractivity contribution is -0.115. The summed E-state index contributed by atoms with van der Waals surface area (Å²) >= 11 is 0. The highest BCUT2D eigenvalue weighted by Crippen LogP contribution is 2.18. The molecule has 1 aliphatic heterocycles. The number of anilines is 1. The predicted octanol–water partition coefficient (Wildman–Crippen LogP) is 0.534. The summed E-state index contributed by atoms with van der Waals surface area (Å²) in [6, 6.07) is 0. The summed E-state index contributed by atoms with van der Waals surface area (Å²) in [5.74, 6) is 1.47. The number of fused-ring (bicyclic) bond motifs is 1. The number of rotatable bonds is 1. The van der Waals surface area contributed by atoms with Gasteiger partial charge in [-0.15, -0.1) is 0 Å². The van der Waals surface area contributed by atoms with Crippen LogP contribution in [-0.2, 0) is 17.6 Å². The van der Waals surface area contributed by atoms with Crippen molar-refractivity contribution in [1.29, 1.82) is 0 Å². The average Bonchev–Trinajstić information content (AvgIpc) is 2.43. The zero-order valence-corrected chi connectivity index (χ0v) is 6.79. The topological polar surface area (TPSA) is 54.9 Å². The van der Waals surface area contributed by atoms with E-state index in [2.05, 4.69) is 15.3 Å². The Morgan fingerprint density at radius 1 is 1.67 bits per heavy atom. The molecule has 1 N–H and O–H groups in total. The van der Waals surface area contributed by atoms with Gasteiger partial charge in [0, 0.05) is 18.2 Å². The summed E-state index contributed by atoms with van der Waals surface area (Å²) in [6.07, 6.45) is 2.93. The minimum absolute atomic E-state index is 0.00699. The van der Waals surface area contributed by atoms with E-state index >= 15 is 0 Å². The molecule has 0 aliphatic carbocycles. The molecule has 0 radical (unpaired) electrons. The number of hydrogen-bond donors (Lipinski definition) is 1. The summed E-state index contributed by atoms with van der Waals surface area (Å²) in [6.45, 7) is 1.98. The van der Waals surface area contributed by atoms with E-state index in [0.29, 0.717) is 12.2 Å². The molecule has 1 amide bonds. The highest BCUT2D eigenvalue weighted by atomic mass is 16.1. The molecule has 1 aromatic heterocycles. The Morgan fingerprint density at radius 3 is 3.25 bits per heavy atom. The maximum Gasteiger partial charge on any atom is 0.230 e. The zero-order chi connectivity index (χ0) is 8.55. The van der Waals surface area contributed by atoms with E-state index in [1.54, 1.807) is 6.20 Å². The molecule has 0 saturated heterocycles. The van der Waals surface area contributed by atoms with Gasteiger partial charge >= 0.3 is 0 Å². The molecule has 62 valence electrons. The van der Waals surface area contributed by atoms with Crippen LogP contribution < -0.4 is 5.32 Å². The van der Waals surface area contributed by atoms with E-state index in [1.165, 1.54) is 0 Å². The first-order valence-corrected chi connectivity index (χ1v) is 3.94. The molecule has 0 aromatic carbocycles.